The van der Waals surface area contributed by atoms with Gasteiger partial charge in [0.2, 0.25) is 0 Å². The van der Waals surface area contributed by atoms with Crippen LogP contribution in [0.3, 0.4) is 0 Å². The molecule has 1 rings (SSSR count). The van der Waals surface area contributed by atoms with E-state index in [1.54, 1.807) is 0 Å². The summed E-state index contributed by atoms with van der Waals surface area (Å²) in [6.45, 7) is 2.53. The third kappa shape index (κ3) is 8.00. The second-order valence-corrected chi connectivity index (χ2v) is 5.08. The summed E-state index contributed by atoms with van der Waals surface area (Å²) in [4.78, 5) is 11.4. The van der Waals surface area contributed by atoms with Crippen LogP contribution in [0.1, 0.15) is 71.1 Å². The Bertz CT molecular complexity index is 243. The summed E-state index contributed by atoms with van der Waals surface area (Å²) in [5.41, 5.74) is 1.19. The molecule has 1 aliphatic rings. The molecular weight excluding hydrogens is 212 g/mol. The van der Waals surface area contributed by atoms with E-state index in [0.717, 1.165) is 12.8 Å². The first-order valence-corrected chi connectivity index (χ1v) is 7.10. The molecule has 0 radical (unpaired) electrons. The van der Waals surface area contributed by atoms with Gasteiger partial charge in [-0.2, -0.15) is 0 Å². The SMILES string of the molecule is CC1=CCCCCCCCCCCC(=O)OC1. The molecule has 2 heteroatoms. The molecule has 0 bridgehead atoms. The summed E-state index contributed by atoms with van der Waals surface area (Å²) >= 11 is 0. The largest absolute Gasteiger partial charge is 0.461 e. The maximum Gasteiger partial charge on any atom is 0.306 e. The van der Waals surface area contributed by atoms with E-state index in [0.29, 0.717) is 13.0 Å². The molecule has 0 spiro atoms. The first-order valence-electron chi connectivity index (χ1n) is 7.10. The Morgan fingerprint density at radius 2 is 1.53 bits per heavy atom. The third-order valence-electron chi connectivity index (χ3n) is 3.29. The molecule has 98 valence electrons. The molecule has 17 heavy (non-hydrogen) atoms. The Morgan fingerprint density at radius 3 is 2.24 bits per heavy atom. The van der Waals surface area contributed by atoms with Crippen molar-refractivity contribution in [3.8, 4) is 0 Å². The van der Waals surface area contributed by atoms with Gasteiger partial charge in [-0.25, -0.2) is 0 Å². The number of hydrogen-bond acceptors (Lipinski definition) is 2. The Kier molecular flexibility index (Phi) is 7.78. The van der Waals surface area contributed by atoms with E-state index in [-0.39, 0.29) is 5.97 Å². The van der Waals surface area contributed by atoms with Crippen LogP contribution in [0.25, 0.3) is 0 Å². The zero-order valence-electron chi connectivity index (χ0n) is 11.2. The molecule has 0 unspecified atom stereocenters. The molecule has 0 saturated heterocycles. The lowest BCUT2D eigenvalue weighted by molar-refractivity contribution is -0.142. The van der Waals surface area contributed by atoms with Crippen LogP contribution in [-0.4, -0.2) is 12.6 Å². The first kappa shape index (κ1) is 14.3. The lowest BCUT2D eigenvalue weighted by Gasteiger charge is -2.05. The van der Waals surface area contributed by atoms with Crippen molar-refractivity contribution >= 4 is 5.97 Å². The molecule has 0 aromatic heterocycles. The average Bonchev–Trinajstić information content (AvgIpc) is 2.33. The van der Waals surface area contributed by atoms with Gasteiger partial charge in [0.05, 0.1) is 0 Å². The summed E-state index contributed by atoms with van der Waals surface area (Å²) in [6.07, 6.45) is 14.0. The van der Waals surface area contributed by atoms with Gasteiger partial charge >= 0.3 is 5.97 Å². The van der Waals surface area contributed by atoms with Crippen molar-refractivity contribution in [3.63, 3.8) is 0 Å². The fourth-order valence-electron chi connectivity index (χ4n) is 2.15. The molecule has 2 nitrogen and oxygen atoms in total. The quantitative estimate of drug-likeness (QED) is 0.462. The molecule has 0 N–H and O–H groups in total. The number of carbonyl (C=O) groups excluding carboxylic acids is 1. The predicted molar refractivity (Wildman–Crippen MR) is 70.9 cm³/mol. The van der Waals surface area contributed by atoms with Gasteiger partial charge in [-0.05, 0) is 31.8 Å². The predicted octanol–water partition coefficient (Wildman–Crippen LogP) is 4.39. The van der Waals surface area contributed by atoms with Crippen LogP contribution in [0.15, 0.2) is 11.6 Å². The van der Waals surface area contributed by atoms with Gasteiger partial charge < -0.3 is 4.74 Å². The lowest BCUT2D eigenvalue weighted by atomic mass is 10.1. The molecule has 1 heterocycles. The van der Waals surface area contributed by atoms with Crippen molar-refractivity contribution in [2.75, 3.05) is 6.61 Å². The molecule has 0 fully saturated rings. The van der Waals surface area contributed by atoms with Crippen molar-refractivity contribution in [2.45, 2.75) is 71.1 Å². The maximum absolute atomic E-state index is 11.4. The van der Waals surface area contributed by atoms with Crippen molar-refractivity contribution in [1.82, 2.24) is 0 Å². The minimum atomic E-state index is -0.0346. The van der Waals surface area contributed by atoms with E-state index in [2.05, 4.69) is 6.08 Å². The number of allylic oxidation sites excluding steroid dienone is 1. The third-order valence-corrected chi connectivity index (χ3v) is 3.29. The summed E-state index contributed by atoms with van der Waals surface area (Å²) < 4.78 is 5.22. The lowest BCUT2D eigenvalue weighted by Crippen LogP contribution is -2.06. The number of hydrogen-bond donors (Lipinski definition) is 0. The minimum absolute atomic E-state index is 0.0346. The van der Waals surface area contributed by atoms with Crippen molar-refractivity contribution in [2.24, 2.45) is 0 Å². The number of rotatable bonds is 0. The first-order chi connectivity index (χ1) is 8.29. The van der Waals surface area contributed by atoms with Crippen LogP contribution in [0.2, 0.25) is 0 Å². The summed E-state index contributed by atoms with van der Waals surface area (Å²) in [6, 6.07) is 0. The zero-order chi connectivity index (χ0) is 12.3. The summed E-state index contributed by atoms with van der Waals surface area (Å²) in [5.74, 6) is -0.0346. The van der Waals surface area contributed by atoms with Crippen LogP contribution in [0.5, 0.6) is 0 Å². The van der Waals surface area contributed by atoms with Crippen molar-refractivity contribution in [1.29, 1.82) is 0 Å². The van der Waals surface area contributed by atoms with Crippen LogP contribution in [0.4, 0.5) is 0 Å². The number of esters is 1. The highest BCUT2D eigenvalue weighted by molar-refractivity contribution is 5.69. The van der Waals surface area contributed by atoms with E-state index >= 15 is 0 Å². The zero-order valence-corrected chi connectivity index (χ0v) is 11.2. The fourth-order valence-corrected chi connectivity index (χ4v) is 2.15. The molecule has 0 aromatic rings. The normalized spacial score (nSPS) is 21.9. The monoisotopic (exact) mass is 238 g/mol. The van der Waals surface area contributed by atoms with E-state index < -0.39 is 0 Å². The van der Waals surface area contributed by atoms with Gasteiger partial charge in [-0.3, -0.25) is 4.79 Å². The van der Waals surface area contributed by atoms with E-state index in [1.807, 2.05) is 6.92 Å². The standard InChI is InChI=1S/C15H26O2/c1-14-11-9-7-5-3-2-4-6-8-10-12-15(16)17-13-14/h11H,2-10,12-13H2,1H3. The van der Waals surface area contributed by atoms with Gasteiger partial charge in [0.15, 0.2) is 0 Å². The minimum Gasteiger partial charge on any atom is -0.461 e. The molecule has 0 atom stereocenters. The molecule has 0 amide bonds. The highest BCUT2D eigenvalue weighted by Crippen LogP contribution is 2.12. The highest BCUT2D eigenvalue weighted by atomic mass is 16.5. The van der Waals surface area contributed by atoms with Crippen LogP contribution in [0, 0.1) is 0 Å². The molecule has 0 saturated carbocycles. The topological polar surface area (TPSA) is 26.3 Å². The fraction of sp³-hybridized carbons (Fsp3) is 0.800. The Hall–Kier alpha value is -0.790. The average molecular weight is 238 g/mol. The van der Waals surface area contributed by atoms with E-state index in [9.17, 15) is 4.79 Å². The Balaban J connectivity index is 2.31. The van der Waals surface area contributed by atoms with Gasteiger partial charge in [0, 0.05) is 6.42 Å². The van der Waals surface area contributed by atoms with Crippen molar-refractivity contribution < 1.29 is 9.53 Å². The molecule has 0 aromatic carbocycles. The van der Waals surface area contributed by atoms with Gasteiger partial charge in [-0.15, -0.1) is 0 Å². The van der Waals surface area contributed by atoms with Crippen LogP contribution >= 0.6 is 0 Å². The highest BCUT2D eigenvalue weighted by Gasteiger charge is 2.03. The summed E-state index contributed by atoms with van der Waals surface area (Å²) in [5, 5.41) is 0. The van der Waals surface area contributed by atoms with Crippen LogP contribution < -0.4 is 0 Å². The molecule has 0 aliphatic carbocycles. The second kappa shape index (κ2) is 9.26. The smallest absolute Gasteiger partial charge is 0.306 e. The Labute approximate surface area is 105 Å². The van der Waals surface area contributed by atoms with E-state index in [4.69, 9.17) is 4.74 Å². The van der Waals surface area contributed by atoms with Gasteiger partial charge in [0.1, 0.15) is 6.61 Å². The van der Waals surface area contributed by atoms with Gasteiger partial charge in [-0.1, -0.05) is 44.6 Å². The molecule has 1 aliphatic heterocycles. The maximum atomic E-state index is 11.4. The molecular formula is C15H26O2. The van der Waals surface area contributed by atoms with E-state index in [1.165, 1.54) is 50.5 Å². The Morgan fingerprint density at radius 1 is 0.941 bits per heavy atom. The van der Waals surface area contributed by atoms with Gasteiger partial charge in [0.25, 0.3) is 0 Å². The van der Waals surface area contributed by atoms with Crippen molar-refractivity contribution in [3.05, 3.63) is 11.6 Å². The number of carbonyl (C=O) groups is 1. The summed E-state index contributed by atoms with van der Waals surface area (Å²) in [7, 11) is 0. The second-order valence-electron chi connectivity index (χ2n) is 5.08. The number of ether oxygens (including phenoxy) is 1. The van der Waals surface area contributed by atoms with Crippen LogP contribution in [-0.2, 0) is 9.53 Å². The number of cyclic esters (lactones) is 1.